The van der Waals surface area contributed by atoms with Crippen LogP contribution < -0.4 is 5.32 Å². The minimum absolute atomic E-state index is 0.0518. The second-order valence-electron chi connectivity index (χ2n) is 4.59. The molecule has 0 heterocycles. The lowest BCUT2D eigenvalue weighted by Gasteiger charge is -2.06. The maximum absolute atomic E-state index is 11.6. The molecule has 0 saturated carbocycles. The number of carbonyl (C=O) groups is 2. The largest absolute Gasteiger partial charge is 0.481 e. The molecule has 5 heteroatoms. The number of unbranched alkanes of at least 4 members (excludes halogenated alkanes) is 2. The van der Waals surface area contributed by atoms with E-state index in [1.807, 2.05) is 24.3 Å². The SMILES string of the molecule is CCCCCc1ccc(NC(=O)CSCC(=O)O)cc1. The first-order valence-electron chi connectivity index (χ1n) is 6.80. The van der Waals surface area contributed by atoms with E-state index < -0.39 is 5.97 Å². The Labute approximate surface area is 124 Å². The molecule has 1 rings (SSSR count). The molecule has 4 nitrogen and oxygen atoms in total. The molecule has 20 heavy (non-hydrogen) atoms. The molecule has 0 aromatic heterocycles. The van der Waals surface area contributed by atoms with Crippen LogP contribution in [0.5, 0.6) is 0 Å². The standard InChI is InChI=1S/C15H21NO3S/c1-2-3-4-5-12-6-8-13(9-7-12)16-14(17)10-20-11-15(18)19/h6-9H,2-5,10-11H2,1H3,(H,16,17)(H,18,19). The van der Waals surface area contributed by atoms with E-state index in [1.165, 1.54) is 24.8 Å². The van der Waals surface area contributed by atoms with Crippen LogP contribution in [-0.4, -0.2) is 28.5 Å². The summed E-state index contributed by atoms with van der Waals surface area (Å²) < 4.78 is 0. The summed E-state index contributed by atoms with van der Waals surface area (Å²) in [5, 5.41) is 11.2. The lowest BCUT2D eigenvalue weighted by Crippen LogP contribution is -2.15. The van der Waals surface area contributed by atoms with Crippen LogP contribution >= 0.6 is 11.8 Å². The third-order valence-electron chi connectivity index (χ3n) is 2.77. The normalized spacial score (nSPS) is 10.2. The van der Waals surface area contributed by atoms with Crippen LogP contribution in [0.25, 0.3) is 0 Å². The van der Waals surface area contributed by atoms with E-state index in [9.17, 15) is 9.59 Å². The van der Waals surface area contributed by atoms with Crippen LogP contribution in [0.15, 0.2) is 24.3 Å². The van der Waals surface area contributed by atoms with E-state index in [4.69, 9.17) is 5.11 Å². The van der Waals surface area contributed by atoms with Crippen LogP contribution in [0.1, 0.15) is 31.7 Å². The van der Waals surface area contributed by atoms with Crippen molar-refractivity contribution in [2.45, 2.75) is 32.6 Å². The van der Waals surface area contributed by atoms with Gasteiger partial charge in [0.15, 0.2) is 0 Å². The zero-order chi connectivity index (χ0) is 14.8. The number of benzene rings is 1. The van der Waals surface area contributed by atoms with Gasteiger partial charge in [0.2, 0.25) is 5.91 Å². The maximum Gasteiger partial charge on any atom is 0.313 e. The number of carboxylic acid groups (broad SMARTS) is 1. The van der Waals surface area contributed by atoms with Crippen molar-refractivity contribution in [1.82, 2.24) is 0 Å². The molecule has 0 aliphatic rings. The Morgan fingerprint density at radius 2 is 1.85 bits per heavy atom. The van der Waals surface area contributed by atoms with E-state index in [-0.39, 0.29) is 17.4 Å². The van der Waals surface area contributed by atoms with Gasteiger partial charge in [-0.1, -0.05) is 31.9 Å². The Morgan fingerprint density at radius 1 is 1.15 bits per heavy atom. The van der Waals surface area contributed by atoms with Crippen molar-refractivity contribution in [3.05, 3.63) is 29.8 Å². The summed E-state index contributed by atoms with van der Waals surface area (Å²) in [6.07, 6.45) is 4.70. The minimum Gasteiger partial charge on any atom is -0.481 e. The molecule has 2 N–H and O–H groups in total. The molecule has 0 saturated heterocycles. The Balaban J connectivity index is 2.33. The summed E-state index contributed by atoms with van der Waals surface area (Å²) in [6.45, 7) is 2.18. The minimum atomic E-state index is -0.903. The zero-order valence-corrected chi connectivity index (χ0v) is 12.5. The fourth-order valence-corrected chi connectivity index (χ4v) is 2.30. The third-order valence-corrected chi connectivity index (χ3v) is 3.68. The number of hydrogen-bond acceptors (Lipinski definition) is 3. The quantitative estimate of drug-likeness (QED) is 0.687. The highest BCUT2D eigenvalue weighted by atomic mass is 32.2. The maximum atomic E-state index is 11.6. The zero-order valence-electron chi connectivity index (χ0n) is 11.7. The topological polar surface area (TPSA) is 66.4 Å². The number of thioether (sulfide) groups is 1. The number of carboxylic acids is 1. The molecule has 0 fully saturated rings. The number of aliphatic carboxylic acids is 1. The Hall–Kier alpha value is -1.49. The smallest absolute Gasteiger partial charge is 0.313 e. The molecule has 0 spiro atoms. The van der Waals surface area contributed by atoms with Crippen LogP contribution in [0.4, 0.5) is 5.69 Å². The van der Waals surface area contributed by atoms with Crippen molar-refractivity contribution >= 4 is 29.3 Å². The molecule has 1 aromatic carbocycles. The van der Waals surface area contributed by atoms with E-state index in [0.29, 0.717) is 0 Å². The molecule has 0 radical (unpaired) electrons. The number of anilines is 1. The van der Waals surface area contributed by atoms with Gasteiger partial charge in [0.05, 0.1) is 11.5 Å². The molecule has 0 atom stereocenters. The predicted octanol–water partition coefficient (Wildman–Crippen LogP) is 3.18. The van der Waals surface area contributed by atoms with Crippen molar-refractivity contribution in [1.29, 1.82) is 0 Å². The summed E-state index contributed by atoms with van der Waals surface area (Å²) in [4.78, 5) is 21.9. The molecule has 0 aliphatic carbocycles. The molecule has 110 valence electrons. The number of hydrogen-bond donors (Lipinski definition) is 2. The third kappa shape index (κ3) is 7.19. The first-order chi connectivity index (χ1) is 9.61. The van der Waals surface area contributed by atoms with Gasteiger partial charge in [-0.25, -0.2) is 0 Å². The molecule has 0 bridgehead atoms. The summed E-state index contributed by atoms with van der Waals surface area (Å²) in [5.41, 5.74) is 2.03. The lowest BCUT2D eigenvalue weighted by atomic mass is 10.1. The van der Waals surface area contributed by atoms with Crippen LogP contribution in [0.3, 0.4) is 0 Å². The van der Waals surface area contributed by atoms with Gasteiger partial charge in [-0.3, -0.25) is 9.59 Å². The molecule has 0 aliphatic heterocycles. The summed E-state index contributed by atoms with van der Waals surface area (Å²) >= 11 is 1.09. The fraction of sp³-hybridized carbons (Fsp3) is 0.467. The fourth-order valence-electron chi connectivity index (χ4n) is 1.76. The second kappa shape index (κ2) is 9.42. The van der Waals surface area contributed by atoms with Gasteiger partial charge in [-0.05, 0) is 30.5 Å². The monoisotopic (exact) mass is 295 g/mol. The van der Waals surface area contributed by atoms with E-state index in [2.05, 4.69) is 12.2 Å². The first kappa shape index (κ1) is 16.6. The lowest BCUT2D eigenvalue weighted by molar-refractivity contribution is -0.133. The average Bonchev–Trinajstić information content (AvgIpc) is 2.40. The Morgan fingerprint density at radius 3 is 2.45 bits per heavy atom. The van der Waals surface area contributed by atoms with Crippen molar-refractivity contribution < 1.29 is 14.7 Å². The second-order valence-corrected chi connectivity index (χ2v) is 5.57. The van der Waals surface area contributed by atoms with Crippen LogP contribution in [-0.2, 0) is 16.0 Å². The van der Waals surface area contributed by atoms with Gasteiger partial charge in [-0.2, -0.15) is 0 Å². The first-order valence-corrected chi connectivity index (χ1v) is 7.95. The van der Waals surface area contributed by atoms with E-state index >= 15 is 0 Å². The number of nitrogens with one attached hydrogen (secondary N) is 1. The van der Waals surface area contributed by atoms with Crippen LogP contribution in [0.2, 0.25) is 0 Å². The molecule has 1 aromatic rings. The molecule has 0 unspecified atom stereocenters. The predicted molar refractivity (Wildman–Crippen MR) is 83.3 cm³/mol. The highest BCUT2D eigenvalue weighted by molar-refractivity contribution is 8.00. The Bertz CT molecular complexity index is 431. The van der Waals surface area contributed by atoms with Gasteiger partial charge in [-0.15, -0.1) is 11.8 Å². The number of amides is 1. The van der Waals surface area contributed by atoms with Crippen molar-refractivity contribution in [2.75, 3.05) is 16.8 Å². The summed E-state index contributed by atoms with van der Waals surface area (Å²) in [5.74, 6) is -0.969. The molecular weight excluding hydrogens is 274 g/mol. The van der Waals surface area contributed by atoms with E-state index in [1.54, 1.807) is 0 Å². The highest BCUT2D eigenvalue weighted by Crippen LogP contribution is 2.13. The van der Waals surface area contributed by atoms with E-state index in [0.717, 1.165) is 23.9 Å². The van der Waals surface area contributed by atoms with Gasteiger partial charge >= 0.3 is 5.97 Å². The molecular formula is C15H21NO3S. The van der Waals surface area contributed by atoms with Crippen LogP contribution in [0, 0.1) is 0 Å². The van der Waals surface area contributed by atoms with Gasteiger partial charge in [0.25, 0.3) is 0 Å². The van der Waals surface area contributed by atoms with Gasteiger partial charge in [0.1, 0.15) is 0 Å². The number of rotatable bonds is 9. The van der Waals surface area contributed by atoms with Crippen molar-refractivity contribution in [3.63, 3.8) is 0 Å². The number of carbonyl (C=O) groups excluding carboxylic acids is 1. The number of aryl methyl sites for hydroxylation is 1. The molecule has 1 amide bonds. The van der Waals surface area contributed by atoms with Crippen molar-refractivity contribution in [2.24, 2.45) is 0 Å². The highest BCUT2D eigenvalue weighted by Gasteiger charge is 2.04. The van der Waals surface area contributed by atoms with Gasteiger partial charge < -0.3 is 10.4 Å². The average molecular weight is 295 g/mol. The summed E-state index contributed by atoms with van der Waals surface area (Å²) in [7, 11) is 0. The van der Waals surface area contributed by atoms with Crippen molar-refractivity contribution in [3.8, 4) is 0 Å². The Kier molecular flexibility index (Phi) is 7.80. The van der Waals surface area contributed by atoms with Gasteiger partial charge in [0, 0.05) is 5.69 Å². The summed E-state index contributed by atoms with van der Waals surface area (Å²) in [6, 6.07) is 7.83.